The first-order chi connectivity index (χ1) is 12.9. The summed E-state index contributed by atoms with van der Waals surface area (Å²) in [6.07, 6.45) is 2.78. The number of carbonyl (C=O) groups is 2. The van der Waals surface area contributed by atoms with Gasteiger partial charge in [0.25, 0.3) is 0 Å². The zero-order valence-electron chi connectivity index (χ0n) is 16.0. The smallest absolute Gasteiger partial charge is 0.319 e. The van der Waals surface area contributed by atoms with Crippen LogP contribution < -0.4 is 15.5 Å². The van der Waals surface area contributed by atoms with Crippen LogP contribution >= 0.6 is 0 Å². The van der Waals surface area contributed by atoms with Gasteiger partial charge in [0.05, 0.1) is 12.5 Å². The summed E-state index contributed by atoms with van der Waals surface area (Å²) in [7, 11) is 1.30. The number of esters is 1. The highest BCUT2D eigenvalue weighted by molar-refractivity contribution is 5.90. The van der Waals surface area contributed by atoms with Gasteiger partial charge in [-0.3, -0.25) is 4.79 Å². The minimum Gasteiger partial charge on any atom is -0.469 e. The lowest BCUT2D eigenvalue weighted by molar-refractivity contribution is -0.152. The number of rotatable bonds is 7. The van der Waals surface area contributed by atoms with Crippen molar-refractivity contribution in [2.75, 3.05) is 37.0 Å². The van der Waals surface area contributed by atoms with E-state index >= 15 is 0 Å². The Hall–Kier alpha value is -2.38. The first-order valence-electron chi connectivity index (χ1n) is 9.24. The molecule has 1 aromatic carbocycles. The second-order valence-corrected chi connectivity index (χ2v) is 6.77. The van der Waals surface area contributed by atoms with Crippen LogP contribution in [0.1, 0.15) is 39.5 Å². The molecule has 0 spiro atoms. The molecule has 150 valence electrons. The number of ether oxygens (including phenoxy) is 1. The lowest BCUT2D eigenvalue weighted by Crippen LogP contribution is -2.44. The van der Waals surface area contributed by atoms with Crippen molar-refractivity contribution in [1.82, 2.24) is 5.32 Å². The van der Waals surface area contributed by atoms with E-state index in [4.69, 9.17) is 4.74 Å². The molecule has 0 aromatic heterocycles. The van der Waals surface area contributed by atoms with Gasteiger partial charge in [0, 0.05) is 25.3 Å². The fourth-order valence-corrected chi connectivity index (χ4v) is 3.38. The van der Waals surface area contributed by atoms with E-state index in [0.717, 1.165) is 25.0 Å². The maximum atomic E-state index is 14.3. The van der Waals surface area contributed by atoms with Crippen molar-refractivity contribution in [2.24, 2.45) is 5.41 Å². The number of carbonyl (C=O) groups excluding carboxylic acids is 2. The van der Waals surface area contributed by atoms with Crippen LogP contribution in [0, 0.1) is 17.0 Å². The van der Waals surface area contributed by atoms with Gasteiger partial charge in [-0.2, -0.15) is 0 Å². The summed E-state index contributed by atoms with van der Waals surface area (Å²) in [5.41, 5.74) is -0.871. The third kappa shape index (κ3) is 4.67. The van der Waals surface area contributed by atoms with Crippen molar-refractivity contribution >= 4 is 23.4 Å². The van der Waals surface area contributed by atoms with Crippen molar-refractivity contribution in [3.05, 3.63) is 23.8 Å². The predicted molar refractivity (Wildman–Crippen MR) is 99.9 cm³/mol. The number of anilines is 2. The molecule has 0 bridgehead atoms. The molecule has 1 aliphatic rings. The van der Waals surface area contributed by atoms with E-state index in [-0.39, 0.29) is 17.9 Å². The first kappa shape index (κ1) is 20.9. The van der Waals surface area contributed by atoms with Gasteiger partial charge in [0.1, 0.15) is 5.69 Å². The quantitative estimate of drug-likeness (QED) is 0.705. The zero-order chi connectivity index (χ0) is 20.0. The summed E-state index contributed by atoms with van der Waals surface area (Å²) in [4.78, 5) is 25.8. The molecule has 2 rings (SSSR count). The van der Waals surface area contributed by atoms with E-state index in [1.807, 2.05) is 13.8 Å². The summed E-state index contributed by atoms with van der Waals surface area (Å²) in [6.45, 7) is 4.97. The Balaban J connectivity index is 2.04. The van der Waals surface area contributed by atoms with Crippen LogP contribution in [-0.4, -0.2) is 38.7 Å². The van der Waals surface area contributed by atoms with Crippen molar-refractivity contribution < 1.29 is 23.1 Å². The second-order valence-electron chi connectivity index (χ2n) is 6.77. The molecule has 1 heterocycles. The lowest BCUT2D eigenvalue weighted by Gasteiger charge is -2.28. The van der Waals surface area contributed by atoms with Crippen molar-refractivity contribution in [3.63, 3.8) is 0 Å². The van der Waals surface area contributed by atoms with Crippen LogP contribution in [0.25, 0.3) is 0 Å². The molecule has 0 aliphatic carbocycles. The second kappa shape index (κ2) is 9.01. The molecule has 0 saturated carbocycles. The topological polar surface area (TPSA) is 70.7 Å². The zero-order valence-corrected chi connectivity index (χ0v) is 16.0. The maximum absolute atomic E-state index is 14.3. The van der Waals surface area contributed by atoms with E-state index in [1.165, 1.54) is 7.11 Å². The van der Waals surface area contributed by atoms with Gasteiger partial charge >= 0.3 is 12.0 Å². The molecular weight excluding hydrogens is 356 g/mol. The van der Waals surface area contributed by atoms with Crippen molar-refractivity contribution in [3.8, 4) is 0 Å². The fourth-order valence-electron chi connectivity index (χ4n) is 3.38. The minimum atomic E-state index is -0.831. The summed E-state index contributed by atoms with van der Waals surface area (Å²) in [5, 5.41) is 5.01. The van der Waals surface area contributed by atoms with Gasteiger partial charge in [-0.25, -0.2) is 13.6 Å². The number of methoxy groups -OCH3 is 1. The molecule has 2 amide bonds. The van der Waals surface area contributed by atoms with Crippen LogP contribution in [0.5, 0.6) is 0 Å². The summed E-state index contributed by atoms with van der Waals surface area (Å²) < 4.78 is 33.5. The molecule has 6 nitrogen and oxygen atoms in total. The van der Waals surface area contributed by atoms with Crippen LogP contribution in [0.3, 0.4) is 0 Å². The van der Waals surface area contributed by atoms with Gasteiger partial charge in [-0.05, 0) is 37.8 Å². The van der Waals surface area contributed by atoms with E-state index in [1.54, 1.807) is 4.90 Å². The summed E-state index contributed by atoms with van der Waals surface area (Å²) in [5.74, 6) is -1.82. The van der Waals surface area contributed by atoms with Crippen molar-refractivity contribution in [1.29, 1.82) is 0 Å². The Bertz CT molecular complexity index is 664. The highest BCUT2D eigenvalue weighted by Crippen LogP contribution is 2.30. The molecule has 0 radical (unpaired) electrons. The van der Waals surface area contributed by atoms with E-state index in [2.05, 4.69) is 10.6 Å². The molecule has 2 N–H and O–H groups in total. The number of amides is 2. The van der Waals surface area contributed by atoms with Crippen LogP contribution in [-0.2, 0) is 9.53 Å². The molecule has 1 fully saturated rings. The Labute approximate surface area is 158 Å². The van der Waals surface area contributed by atoms with Gasteiger partial charge in [0.15, 0.2) is 11.6 Å². The first-order valence-corrected chi connectivity index (χ1v) is 9.24. The third-order valence-electron chi connectivity index (χ3n) is 5.26. The maximum Gasteiger partial charge on any atom is 0.319 e. The largest absolute Gasteiger partial charge is 0.469 e. The molecule has 1 saturated heterocycles. The molecule has 8 heteroatoms. The van der Waals surface area contributed by atoms with E-state index in [0.29, 0.717) is 25.9 Å². The van der Waals surface area contributed by atoms with Crippen LogP contribution in [0.4, 0.5) is 25.0 Å². The normalized spacial score (nSPS) is 14.2. The monoisotopic (exact) mass is 383 g/mol. The highest BCUT2D eigenvalue weighted by Gasteiger charge is 2.36. The Morgan fingerprint density at radius 3 is 2.19 bits per heavy atom. The predicted octanol–water partition coefficient (Wildman–Crippen LogP) is 3.67. The number of nitrogens with one attached hydrogen (secondary N) is 2. The van der Waals surface area contributed by atoms with Crippen LogP contribution in [0.2, 0.25) is 0 Å². The standard InChI is InChI=1S/C19H27F2N3O3/c1-4-19(5-2,17(25)27-3)12-22-18(26)23-13-10-14(20)16(15(21)11-13)24-8-6-7-9-24/h10-11H,4-9,12H2,1-3H3,(H2,22,23,26). The molecule has 0 unspecified atom stereocenters. The van der Waals surface area contributed by atoms with Gasteiger partial charge in [-0.15, -0.1) is 0 Å². The number of hydrogen-bond donors (Lipinski definition) is 2. The molecular formula is C19H27F2N3O3. The summed E-state index contributed by atoms with van der Waals surface area (Å²) >= 11 is 0. The minimum absolute atomic E-state index is 0.0158. The summed E-state index contributed by atoms with van der Waals surface area (Å²) in [6, 6.07) is 1.56. The SMILES string of the molecule is CCC(CC)(CNC(=O)Nc1cc(F)c(N2CCCC2)c(F)c1)C(=O)OC. The Morgan fingerprint density at radius 2 is 1.70 bits per heavy atom. The molecule has 1 aliphatic heterocycles. The number of halogens is 2. The number of hydrogen-bond acceptors (Lipinski definition) is 4. The highest BCUT2D eigenvalue weighted by atomic mass is 19.1. The van der Waals surface area contributed by atoms with Gasteiger partial charge in [0.2, 0.25) is 0 Å². The van der Waals surface area contributed by atoms with E-state index in [9.17, 15) is 18.4 Å². The lowest BCUT2D eigenvalue weighted by atomic mass is 9.82. The average Bonchev–Trinajstić information content (AvgIpc) is 3.16. The Kier molecular flexibility index (Phi) is 6.98. The van der Waals surface area contributed by atoms with Gasteiger partial charge in [-0.1, -0.05) is 13.8 Å². The Morgan fingerprint density at radius 1 is 1.15 bits per heavy atom. The number of benzene rings is 1. The van der Waals surface area contributed by atoms with Crippen LogP contribution in [0.15, 0.2) is 12.1 Å². The molecule has 27 heavy (non-hydrogen) atoms. The van der Waals surface area contributed by atoms with Crippen molar-refractivity contribution in [2.45, 2.75) is 39.5 Å². The number of urea groups is 1. The number of nitrogens with zero attached hydrogens (tertiary/aromatic N) is 1. The fraction of sp³-hybridized carbons (Fsp3) is 0.579. The average molecular weight is 383 g/mol. The molecule has 0 atom stereocenters. The molecule has 1 aromatic rings. The van der Waals surface area contributed by atoms with E-state index < -0.39 is 29.0 Å². The van der Waals surface area contributed by atoms with Gasteiger partial charge < -0.3 is 20.3 Å². The third-order valence-corrected chi connectivity index (χ3v) is 5.26.